The van der Waals surface area contributed by atoms with E-state index < -0.39 is 0 Å². The summed E-state index contributed by atoms with van der Waals surface area (Å²) < 4.78 is 0. The van der Waals surface area contributed by atoms with Gasteiger partial charge in [0.25, 0.3) is 0 Å². The van der Waals surface area contributed by atoms with Crippen LogP contribution in [0.4, 0.5) is 5.69 Å². The van der Waals surface area contributed by atoms with E-state index in [-0.39, 0.29) is 5.54 Å². The van der Waals surface area contributed by atoms with Gasteiger partial charge in [-0.1, -0.05) is 42.5 Å². The highest BCUT2D eigenvalue weighted by molar-refractivity contribution is 5.66. The lowest BCUT2D eigenvalue weighted by Gasteiger charge is -2.22. The molecule has 0 amide bonds. The third-order valence-electron chi connectivity index (χ3n) is 2.51. The molecule has 2 rings (SSSR count). The van der Waals surface area contributed by atoms with Crippen LogP contribution >= 0.6 is 0 Å². The Kier molecular flexibility index (Phi) is 3.19. The van der Waals surface area contributed by atoms with Gasteiger partial charge in [-0.05, 0) is 44.0 Å². The van der Waals surface area contributed by atoms with E-state index in [1.54, 1.807) is 0 Å². The van der Waals surface area contributed by atoms with Gasteiger partial charge in [0.15, 0.2) is 0 Å². The number of benzene rings is 2. The fourth-order valence-electron chi connectivity index (χ4n) is 1.81. The first-order valence-corrected chi connectivity index (χ1v) is 5.98. The van der Waals surface area contributed by atoms with E-state index >= 15 is 0 Å². The summed E-state index contributed by atoms with van der Waals surface area (Å²) in [5, 5.41) is 3.46. The minimum Gasteiger partial charge on any atom is -0.380 e. The molecule has 0 bridgehead atoms. The Morgan fingerprint density at radius 2 is 1.24 bits per heavy atom. The summed E-state index contributed by atoms with van der Waals surface area (Å²) in [6.07, 6.45) is 0. The molecule has 0 radical (unpaired) electrons. The Morgan fingerprint density at radius 3 is 1.76 bits per heavy atom. The van der Waals surface area contributed by atoms with Crippen LogP contribution in [-0.2, 0) is 0 Å². The molecule has 0 aromatic heterocycles. The van der Waals surface area contributed by atoms with Crippen molar-refractivity contribution in [1.29, 1.82) is 0 Å². The molecule has 0 heterocycles. The predicted molar refractivity (Wildman–Crippen MR) is 75.3 cm³/mol. The molecule has 0 aliphatic heterocycles. The molecule has 88 valence electrons. The Balaban J connectivity index is 2.19. The molecule has 0 atom stereocenters. The molecule has 0 aliphatic rings. The molecule has 1 N–H and O–H groups in total. The smallest absolute Gasteiger partial charge is 0.0344 e. The molecule has 0 saturated heterocycles. The average Bonchev–Trinajstić information content (AvgIpc) is 2.29. The van der Waals surface area contributed by atoms with Crippen LogP contribution in [-0.4, -0.2) is 5.54 Å². The highest BCUT2D eigenvalue weighted by Gasteiger charge is 2.08. The highest BCUT2D eigenvalue weighted by Crippen LogP contribution is 2.22. The minimum atomic E-state index is 0.105. The second-order valence-corrected chi connectivity index (χ2v) is 5.32. The molecule has 1 nitrogen and oxygen atoms in total. The zero-order chi connectivity index (χ0) is 12.3. The second-order valence-electron chi connectivity index (χ2n) is 5.32. The van der Waals surface area contributed by atoms with Gasteiger partial charge in [0, 0.05) is 11.2 Å². The van der Waals surface area contributed by atoms with Crippen LogP contribution in [0.3, 0.4) is 0 Å². The molecule has 17 heavy (non-hydrogen) atoms. The van der Waals surface area contributed by atoms with Crippen molar-refractivity contribution in [3.8, 4) is 11.1 Å². The molecule has 0 aliphatic carbocycles. The third-order valence-corrected chi connectivity index (χ3v) is 2.51. The fourth-order valence-corrected chi connectivity index (χ4v) is 1.81. The number of hydrogen-bond acceptors (Lipinski definition) is 1. The van der Waals surface area contributed by atoms with Crippen molar-refractivity contribution in [2.24, 2.45) is 0 Å². The van der Waals surface area contributed by atoms with Crippen molar-refractivity contribution in [3.05, 3.63) is 54.6 Å². The van der Waals surface area contributed by atoms with Gasteiger partial charge in [-0.3, -0.25) is 0 Å². The Hall–Kier alpha value is -1.76. The summed E-state index contributed by atoms with van der Waals surface area (Å²) in [6.45, 7) is 6.49. The molecule has 0 saturated carbocycles. The summed E-state index contributed by atoms with van der Waals surface area (Å²) in [6, 6.07) is 19.0. The summed E-state index contributed by atoms with van der Waals surface area (Å²) in [5.41, 5.74) is 3.78. The van der Waals surface area contributed by atoms with Crippen molar-refractivity contribution in [1.82, 2.24) is 0 Å². The van der Waals surface area contributed by atoms with Crippen molar-refractivity contribution < 1.29 is 0 Å². The standard InChI is InChI=1S/C16H19N/c1-16(2,3)17-15-11-9-14(10-12-15)13-7-5-4-6-8-13/h4-12,17H,1-3H3. The lowest BCUT2D eigenvalue weighted by Crippen LogP contribution is -2.25. The molecule has 2 aromatic carbocycles. The summed E-state index contributed by atoms with van der Waals surface area (Å²) >= 11 is 0. The van der Waals surface area contributed by atoms with Crippen LogP contribution in [0.15, 0.2) is 54.6 Å². The first-order valence-electron chi connectivity index (χ1n) is 5.98. The number of rotatable bonds is 2. The van der Waals surface area contributed by atoms with Crippen molar-refractivity contribution >= 4 is 5.69 Å². The van der Waals surface area contributed by atoms with Gasteiger partial charge in [-0.25, -0.2) is 0 Å². The van der Waals surface area contributed by atoms with E-state index in [9.17, 15) is 0 Å². The summed E-state index contributed by atoms with van der Waals surface area (Å²) in [7, 11) is 0. The van der Waals surface area contributed by atoms with Gasteiger partial charge in [0.2, 0.25) is 0 Å². The van der Waals surface area contributed by atoms with Crippen LogP contribution in [0, 0.1) is 0 Å². The molecular weight excluding hydrogens is 206 g/mol. The molecule has 0 fully saturated rings. The normalized spacial score (nSPS) is 11.2. The van der Waals surface area contributed by atoms with Gasteiger partial charge < -0.3 is 5.32 Å². The van der Waals surface area contributed by atoms with E-state index in [0.717, 1.165) is 5.69 Å². The topological polar surface area (TPSA) is 12.0 Å². The van der Waals surface area contributed by atoms with Crippen LogP contribution in [0.2, 0.25) is 0 Å². The molecular formula is C16H19N. The second kappa shape index (κ2) is 4.62. The van der Waals surface area contributed by atoms with E-state index in [1.807, 2.05) is 6.07 Å². The maximum absolute atomic E-state index is 3.46. The lowest BCUT2D eigenvalue weighted by atomic mass is 10.0. The largest absolute Gasteiger partial charge is 0.380 e. The first kappa shape index (κ1) is 11.7. The third kappa shape index (κ3) is 3.35. The summed E-state index contributed by atoms with van der Waals surface area (Å²) in [4.78, 5) is 0. The molecule has 0 unspecified atom stereocenters. The number of anilines is 1. The maximum Gasteiger partial charge on any atom is 0.0344 e. The molecule has 1 heteroatoms. The average molecular weight is 225 g/mol. The van der Waals surface area contributed by atoms with Crippen LogP contribution in [0.1, 0.15) is 20.8 Å². The quantitative estimate of drug-likeness (QED) is 0.789. The zero-order valence-corrected chi connectivity index (χ0v) is 10.7. The lowest BCUT2D eigenvalue weighted by molar-refractivity contribution is 0.634. The molecule has 2 aromatic rings. The SMILES string of the molecule is CC(C)(C)Nc1ccc(-c2ccccc2)cc1. The van der Waals surface area contributed by atoms with Gasteiger partial charge in [0.05, 0.1) is 0 Å². The Morgan fingerprint density at radius 1 is 0.706 bits per heavy atom. The number of nitrogens with one attached hydrogen (secondary N) is 1. The van der Waals surface area contributed by atoms with E-state index in [0.29, 0.717) is 0 Å². The van der Waals surface area contributed by atoms with Gasteiger partial charge in [-0.15, -0.1) is 0 Å². The van der Waals surface area contributed by atoms with Crippen LogP contribution in [0.5, 0.6) is 0 Å². The Bertz CT molecular complexity index is 463. The Labute approximate surface area is 103 Å². The van der Waals surface area contributed by atoms with Crippen LogP contribution < -0.4 is 5.32 Å². The highest BCUT2D eigenvalue weighted by atomic mass is 14.9. The van der Waals surface area contributed by atoms with Crippen LogP contribution in [0.25, 0.3) is 11.1 Å². The first-order chi connectivity index (χ1) is 8.04. The maximum atomic E-state index is 3.46. The summed E-state index contributed by atoms with van der Waals surface area (Å²) in [5.74, 6) is 0. The van der Waals surface area contributed by atoms with Crippen molar-refractivity contribution in [3.63, 3.8) is 0 Å². The van der Waals surface area contributed by atoms with Gasteiger partial charge in [-0.2, -0.15) is 0 Å². The van der Waals surface area contributed by atoms with Crippen molar-refractivity contribution in [2.75, 3.05) is 5.32 Å². The minimum absolute atomic E-state index is 0.105. The van der Waals surface area contributed by atoms with E-state index in [1.165, 1.54) is 11.1 Å². The van der Waals surface area contributed by atoms with Gasteiger partial charge in [0.1, 0.15) is 0 Å². The van der Waals surface area contributed by atoms with Gasteiger partial charge >= 0.3 is 0 Å². The van der Waals surface area contributed by atoms with E-state index in [2.05, 4.69) is 74.6 Å². The zero-order valence-electron chi connectivity index (χ0n) is 10.7. The molecule has 0 spiro atoms. The predicted octanol–water partition coefficient (Wildman–Crippen LogP) is 4.56. The van der Waals surface area contributed by atoms with Crippen molar-refractivity contribution in [2.45, 2.75) is 26.3 Å². The van der Waals surface area contributed by atoms with E-state index in [4.69, 9.17) is 0 Å². The monoisotopic (exact) mass is 225 g/mol. The number of hydrogen-bond donors (Lipinski definition) is 1. The fraction of sp³-hybridized carbons (Fsp3) is 0.250.